The zero-order chi connectivity index (χ0) is 21.4. The number of halogens is 1. The van der Waals surface area contributed by atoms with Crippen LogP contribution >= 0.6 is 11.9 Å². The summed E-state index contributed by atoms with van der Waals surface area (Å²) in [6.07, 6.45) is 0.816. The minimum atomic E-state index is -0.217. The van der Waals surface area contributed by atoms with Crippen molar-refractivity contribution in [3.05, 3.63) is 71.0 Å². The van der Waals surface area contributed by atoms with Gasteiger partial charge in [-0.1, -0.05) is 77.1 Å². The number of nitrogens with one attached hydrogen (secondary N) is 1. The molecule has 0 spiro atoms. The average Bonchev–Trinajstić information content (AvgIpc) is 2.64. The molecule has 2 atom stereocenters. The molecule has 2 aromatic carbocycles. The lowest BCUT2D eigenvalue weighted by molar-refractivity contribution is 0.273. The van der Waals surface area contributed by atoms with Gasteiger partial charge in [-0.05, 0) is 53.8 Å². The van der Waals surface area contributed by atoms with Gasteiger partial charge < -0.3 is 4.72 Å². The number of rotatable bonds is 3. The first-order valence-electron chi connectivity index (χ1n) is 10.3. The average molecular weight is 413 g/mol. The number of hydrogen-bond acceptors (Lipinski definition) is 2. The fraction of sp³-hybridized carbons (Fsp3) is 0.480. The van der Waals surface area contributed by atoms with Gasteiger partial charge in [0.25, 0.3) is 0 Å². The molecule has 0 bridgehead atoms. The summed E-state index contributed by atoms with van der Waals surface area (Å²) in [4.78, 5) is 4.81. The quantitative estimate of drug-likeness (QED) is 0.541. The second kappa shape index (κ2) is 7.79. The van der Waals surface area contributed by atoms with Crippen LogP contribution in [0, 0.1) is 11.2 Å². The third-order valence-corrected chi connectivity index (χ3v) is 7.81. The highest BCUT2D eigenvalue weighted by molar-refractivity contribution is 7.99. The second-order valence-corrected chi connectivity index (χ2v) is 11.1. The summed E-state index contributed by atoms with van der Waals surface area (Å²) >= 11 is 1.71. The molecule has 2 aromatic rings. The Hall–Kier alpha value is -1.81. The van der Waals surface area contributed by atoms with Crippen molar-refractivity contribution in [3.8, 4) is 0 Å². The van der Waals surface area contributed by atoms with E-state index < -0.39 is 0 Å². The van der Waals surface area contributed by atoms with Gasteiger partial charge in [0.05, 0.1) is 10.8 Å². The van der Waals surface area contributed by atoms with Gasteiger partial charge in [0.15, 0.2) is 0 Å². The van der Waals surface area contributed by atoms with Crippen LogP contribution in [-0.2, 0) is 10.2 Å². The van der Waals surface area contributed by atoms with Crippen molar-refractivity contribution in [2.75, 3.05) is 0 Å². The molecule has 1 aliphatic heterocycles. The van der Waals surface area contributed by atoms with Gasteiger partial charge in [-0.3, -0.25) is 4.99 Å². The SMILES string of the molecule is C[C@H](N=C1CC(C)(C)C(C)(c2ccc(C(C)(C)C)cc2)SN1)c1ccccc1F. The zero-order valence-corrected chi connectivity index (χ0v) is 19.5. The van der Waals surface area contributed by atoms with Crippen LogP contribution in [0.3, 0.4) is 0 Å². The first-order valence-corrected chi connectivity index (χ1v) is 11.1. The Morgan fingerprint density at radius 3 is 2.21 bits per heavy atom. The van der Waals surface area contributed by atoms with Gasteiger partial charge in [0, 0.05) is 12.0 Å². The minimum Gasteiger partial charge on any atom is -0.317 e. The predicted octanol–water partition coefficient (Wildman–Crippen LogP) is 7.17. The molecule has 0 aliphatic carbocycles. The van der Waals surface area contributed by atoms with Crippen LogP contribution in [0.25, 0.3) is 0 Å². The van der Waals surface area contributed by atoms with Crippen LogP contribution < -0.4 is 4.72 Å². The third kappa shape index (κ3) is 4.37. The Morgan fingerprint density at radius 1 is 1.03 bits per heavy atom. The van der Waals surface area contributed by atoms with E-state index >= 15 is 0 Å². The van der Waals surface area contributed by atoms with E-state index in [0.717, 1.165) is 12.3 Å². The molecule has 3 rings (SSSR count). The topological polar surface area (TPSA) is 24.4 Å². The molecular weight excluding hydrogens is 379 g/mol. The molecule has 1 aliphatic rings. The van der Waals surface area contributed by atoms with Crippen LogP contribution in [0.5, 0.6) is 0 Å². The molecule has 1 fully saturated rings. The molecular formula is C25H33FN2S. The normalized spacial score (nSPS) is 24.2. The second-order valence-electron chi connectivity index (χ2n) is 9.90. The lowest BCUT2D eigenvalue weighted by Crippen LogP contribution is -2.47. The third-order valence-electron chi connectivity index (χ3n) is 6.28. The number of amidine groups is 1. The number of nitrogens with zero attached hydrogens (tertiary/aromatic N) is 1. The van der Waals surface area contributed by atoms with Gasteiger partial charge in [-0.25, -0.2) is 4.39 Å². The largest absolute Gasteiger partial charge is 0.317 e. The van der Waals surface area contributed by atoms with E-state index in [9.17, 15) is 4.39 Å². The Labute approximate surface area is 179 Å². The van der Waals surface area contributed by atoms with Crippen molar-refractivity contribution in [1.29, 1.82) is 0 Å². The first-order chi connectivity index (χ1) is 13.4. The van der Waals surface area contributed by atoms with E-state index in [1.807, 2.05) is 19.1 Å². The van der Waals surface area contributed by atoms with Gasteiger partial charge in [-0.2, -0.15) is 0 Å². The van der Waals surface area contributed by atoms with Crippen molar-refractivity contribution < 1.29 is 4.39 Å². The Balaban J connectivity index is 1.83. The Morgan fingerprint density at radius 2 is 1.66 bits per heavy atom. The predicted molar refractivity (Wildman–Crippen MR) is 124 cm³/mol. The Bertz CT molecular complexity index is 896. The van der Waals surface area contributed by atoms with E-state index in [0.29, 0.717) is 5.56 Å². The molecule has 0 radical (unpaired) electrons. The molecule has 1 saturated heterocycles. The highest BCUT2D eigenvalue weighted by Gasteiger charge is 2.47. The highest BCUT2D eigenvalue weighted by atomic mass is 32.2. The van der Waals surface area contributed by atoms with Crippen molar-refractivity contribution in [2.24, 2.45) is 10.4 Å². The van der Waals surface area contributed by atoms with E-state index in [1.165, 1.54) is 17.2 Å². The van der Waals surface area contributed by atoms with Crippen molar-refractivity contribution >= 4 is 17.8 Å². The first kappa shape index (κ1) is 21.9. The maximum Gasteiger partial charge on any atom is 0.128 e. The van der Waals surface area contributed by atoms with Crippen molar-refractivity contribution in [3.63, 3.8) is 0 Å². The molecule has 0 amide bonds. The summed E-state index contributed by atoms with van der Waals surface area (Å²) in [5.74, 6) is 0.732. The molecule has 156 valence electrons. The maximum atomic E-state index is 14.1. The van der Waals surface area contributed by atoms with Gasteiger partial charge in [0.1, 0.15) is 11.7 Å². The summed E-state index contributed by atoms with van der Waals surface area (Å²) < 4.78 is 17.5. The fourth-order valence-corrected chi connectivity index (χ4v) is 4.90. The smallest absolute Gasteiger partial charge is 0.128 e. The van der Waals surface area contributed by atoms with E-state index in [4.69, 9.17) is 4.99 Å². The highest BCUT2D eigenvalue weighted by Crippen LogP contribution is 2.53. The Kier molecular flexibility index (Phi) is 5.88. The van der Waals surface area contributed by atoms with Crippen LogP contribution in [0.1, 0.15) is 77.6 Å². The van der Waals surface area contributed by atoms with Crippen LogP contribution in [0.15, 0.2) is 53.5 Å². The van der Waals surface area contributed by atoms with Crippen LogP contribution in [0.4, 0.5) is 4.39 Å². The summed E-state index contributed by atoms with van der Waals surface area (Å²) in [7, 11) is 0. The standard InChI is InChI=1S/C25H33FN2S/c1-17(20-10-8-9-11-21(20)26)27-22-16-24(5,6)25(7,29-28-22)19-14-12-18(13-15-19)23(2,3)4/h8-15,17H,16H2,1-7H3,(H,27,28)/t17-,25?/m0/s1. The molecule has 2 nitrogen and oxygen atoms in total. The fourth-order valence-electron chi connectivity index (χ4n) is 3.85. The monoisotopic (exact) mass is 412 g/mol. The minimum absolute atomic E-state index is 0.0139. The van der Waals surface area contributed by atoms with Crippen LogP contribution in [-0.4, -0.2) is 5.84 Å². The van der Waals surface area contributed by atoms with Gasteiger partial charge in [0.2, 0.25) is 0 Å². The molecule has 1 heterocycles. The molecule has 4 heteroatoms. The van der Waals surface area contributed by atoms with Crippen molar-refractivity contribution in [2.45, 2.75) is 71.1 Å². The maximum absolute atomic E-state index is 14.1. The number of benzene rings is 2. The molecule has 29 heavy (non-hydrogen) atoms. The number of aliphatic imine (C=N–C) groups is 1. The summed E-state index contributed by atoms with van der Waals surface area (Å²) in [5.41, 5.74) is 3.43. The molecule has 0 aromatic heterocycles. The zero-order valence-electron chi connectivity index (χ0n) is 18.6. The van der Waals surface area contributed by atoms with Gasteiger partial charge >= 0.3 is 0 Å². The summed E-state index contributed by atoms with van der Waals surface area (Å²) in [6, 6.07) is 15.7. The molecule has 1 unspecified atom stereocenters. The van der Waals surface area contributed by atoms with Gasteiger partial charge in [-0.15, -0.1) is 0 Å². The van der Waals surface area contributed by atoms with E-state index in [2.05, 4.69) is 70.5 Å². The summed E-state index contributed by atoms with van der Waals surface area (Å²) in [6.45, 7) is 15.6. The molecule has 1 N–H and O–H groups in total. The van der Waals surface area contributed by atoms with E-state index in [-0.39, 0.29) is 27.4 Å². The summed E-state index contributed by atoms with van der Waals surface area (Å²) in [5, 5.41) is 0. The molecule has 0 saturated carbocycles. The number of hydrogen-bond donors (Lipinski definition) is 1. The van der Waals surface area contributed by atoms with E-state index in [1.54, 1.807) is 18.0 Å². The lowest BCUT2D eigenvalue weighted by Gasteiger charge is -2.48. The lowest BCUT2D eigenvalue weighted by atomic mass is 9.72. The van der Waals surface area contributed by atoms with Crippen molar-refractivity contribution in [1.82, 2.24) is 4.72 Å². The van der Waals surface area contributed by atoms with Crippen LogP contribution in [0.2, 0.25) is 0 Å².